The monoisotopic (exact) mass is 470 g/mol. The van der Waals surface area contributed by atoms with Crippen molar-refractivity contribution in [2.45, 2.75) is 44.6 Å². The van der Waals surface area contributed by atoms with Crippen molar-refractivity contribution in [3.8, 4) is 0 Å². The fourth-order valence-corrected chi connectivity index (χ4v) is 6.54. The molecular weight excluding hydrogens is 440 g/mol. The van der Waals surface area contributed by atoms with Crippen LogP contribution >= 0.6 is 22.7 Å². The molecule has 170 valence electrons. The lowest BCUT2D eigenvalue weighted by atomic mass is 9.94. The van der Waals surface area contributed by atoms with Gasteiger partial charge in [0.15, 0.2) is 0 Å². The second-order valence-corrected chi connectivity index (χ2v) is 10.9. The van der Waals surface area contributed by atoms with Gasteiger partial charge in [0.2, 0.25) is 5.91 Å². The average Bonchev–Trinajstić information content (AvgIpc) is 3.61. The third-order valence-corrected chi connectivity index (χ3v) is 8.70. The molecule has 32 heavy (non-hydrogen) atoms. The quantitative estimate of drug-likeness (QED) is 0.658. The van der Waals surface area contributed by atoms with E-state index in [0.717, 1.165) is 68.9 Å². The lowest BCUT2D eigenvalue weighted by Gasteiger charge is -2.35. The Hall–Kier alpha value is -2.03. The fourth-order valence-electron chi connectivity index (χ4n) is 5.01. The SMILES string of the molecule is O=C(C1CCN(CC(=O)N2N=C(c3cccs3)CC2c2cccs2)CC1)N1CCCCC1. The Balaban J connectivity index is 1.20. The molecule has 2 amide bonds. The predicted octanol–water partition coefficient (Wildman–Crippen LogP) is 4.21. The number of hydrazone groups is 1. The van der Waals surface area contributed by atoms with E-state index in [1.54, 1.807) is 27.7 Å². The molecule has 0 bridgehead atoms. The summed E-state index contributed by atoms with van der Waals surface area (Å²) in [5, 5.41) is 10.6. The van der Waals surface area contributed by atoms with Gasteiger partial charge in [-0.05, 0) is 68.1 Å². The zero-order valence-corrected chi connectivity index (χ0v) is 20.0. The van der Waals surface area contributed by atoms with Crippen LogP contribution in [0.3, 0.4) is 0 Å². The van der Waals surface area contributed by atoms with Gasteiger partial charge < -0.3 is 4.90 Å². The van der Waals surface area contributed by atoms with Gasteiger partial charge in [-0.3, -0.25) is 14.5 Å². The number of amides is 2. The third kappa shape index (κ3) is 4.67. The van der Waals surface area contributed by atoms with Crippen molar-refractivity contribution in [1.82, 2.24) is 14.8 Å². The van der Waals surface area contributed by atoms with Crippen LogP contribution in [-0.2, 0) is 9.59 Å². The molecule has 5 rings (SSSR count). The van der Waals surface area contributed by atoms with Gasteiger partial charge in [0.25, 0.3) is 5.91 Å². The minimum atomic E-state index is -0.0159. The number of carbonyl (C=O) groups excluding carboxylic acids is 2. The first kappa shape index (κ1) is 21.8. The summed E-state index contributed by atoms with van der Waals surface area (Å²) in [4.78, 5) is 32.7. The van der Waals surface area contributed by atoms with E-state index in [9.17, 15) is 9.59 Å². The van der Waals surface area contributed by atoms with Crippen LogP contribution in [-0.4, -0.2) is 65.1 Å². The second-order valence-electron chi connectivity index (χ2n) is 8.93. The Labute approximate surface area is 197 Å². The maximum atomic E-state index is 13.3. The molecule has 2 aromatic heterocycles. The van der Waals surface area contributed by atoms with Crippen LogP contribution in [0.2, 0.25) is 0 Å². The number of piperidine rings is 2. The summed E-state index contributed by atoms with van der Waals surface area (Å²) in [5.41, 5.74) is 0.998. The van der Waals surface area contributed by atoms with Gasteiger partial charge in [0, 0.05) is 30.3 Å². The molecule has 2 saturated heterocycles. The largest absolute Gasteiger partial charge is 0.342 e. The Morgan fingerprint density at radius 1 is 0.969 bits per heavy atom. The van der Waals surface area contributed by atoms with E-state index >= 15 is 0 Å². The van der Waals surface area contributed by atoms with Crippen LogP contribution in [0.25, 0.3) is 0 Å². The number of hydrogen-bond acceptors (Lipinski definition) is 6. The number of likely N-dealkylation sites (tertiary alicyclic amines) is 2. The summed E-state index contributed by atoms with van der Waals surface area (Å²) in [6.45, 7) is 3.81. The molecule has 0 aliphatic carbocycles. The highest BCUT2D eigenvalue weighted by atomic mass is 32.1. The van der Waals surface area contributed by atoms with E-state index in [1.807, 2.05) is 12.1 Å². The van der Waals surface area contributed by atoms with E-state index in [-0.39, 0.29) is 17.9 Å². The van der Waals surface area contributed by atoms with Crippen LogP contribution in [0.15, 0.2) is 40.1 Å². The smallest absolute Gasteiger partial charge is 0.257 e. The van der Waals surface area contributed by atoms with Crippen LogP contribution in [0.4, 0.5) is 0 Å². The van der Waals surface area contributed by atoms with E-state index in [2.05, 4.69) is 32.7 Å². The summed E-state index contributed by atoms with van der Waals surface area (Å²) < 4.78 is 0. The van der Waals surface area contributed by atoms with Gasteiger partial charge in [-0.25, -0.2) is 5.01 Å². The van der Waals surface area contributed by atoms with Crippen molar-refractivity contribution in [2.24, 2.45) is 11.0 Å². The van der Waals surface area contributed by atoms with Crippen LogP contribution in [0.5, 0.6) is 0 Å². The van der Waals surface area contributed by atoms with Gasteiger partial charge >= 0.3 is 0 Å². The number of carbonyl (C=O) groups is 2. The Bertz CT molecular complexity index is 943. The molecule has 5 heterocycles. The normalized spacial score (nSPS) is 22.9. The topological polar surface area (TPSA) is 56.2 Å². The summed E-state index contributed by atoms with van der Waals surface area (Å²) in [6, 6.07) is 8.23. The Kier molecular flexibility index (Phi) is 6.71. The van der Waals surface area contributed by atoms with Crippen LogP contribution in [0, 0.1) is 5.92 Å². The second kappa shape index (κ2) is 9.85. The predicted molar refractivity (Wildman–Crippen MR) is 129 cm³/mol. The molecule has 1 unspecified atom stereocenters. The minimum Gasteiger partial charge on any atom is -0.342 e. The molecule has 6 nitrogen and oxygen atoms in total. The molecule has 0 saturated carbocycles. The first-order valence-corrected chi connectivity index (χ1v) is 13.4. The summed E-state index contributed by atoms with van der Waals surface area (Å²) in [7, 11) is 0. The molecule has 1 atom stereocenters. The van der Waals surface area contributed by atoms with Crippen molar-refractivity contribution in [3.63, 3.8) is 0 Å². The van der Waals surface area contributed by atoms with Crippen molar-refractivity contribution >= 4 is 40.2 Å². The lowest BCUT2D eigenvalue weighted by molar-refractivity contribution is -0.138. The highest BCUT2D eigenvalue weighted by Crippen LogP contribution is 2.36. The average molecular weight is 471 g/mol. The molecule has 0 radical (unpaired) electrons. The van der Waals surface area contributed by atoms with Gasteiger partial charge in [-0.15, -0.1) is 22.7 Å². The zero-order valence-electron chi connectivity index (χ0n) is 18.3. The molecule has 0 N–H and O–H groups in total. The molecule has 2 fully saturated rings. The van der Waals surface area contributed by atoms with Gasteiger partial charge in [0.1, 0.15) is 0 Å². The Morgan fingerprint density at radius 3 is 2.41 bits per heavy atom. The number of rotatable bonds is 5. The summed E-state index contributed by atoms with van der Waals surface area (Å²) >= 11 is 3.36. The van der Waals surface area contributed by atoms with Crippen molar-refractivity contribution in [3.05, 3.63) is 44.8 Å². The number of thiophene rings is 2. The molecule has 2 aromatic rings. The highest BCUT2D eigenvalue weighted by molar-refractivity contribution is 7.12. The third-order valence-electron chi connectivity index (χ3n) is 6.81. The van der Waals surface area contributed by atoms with E-state index < -0.39 is 0 Å². The minimum absolute atomic E-state index is 0.0159. The molecule has 0 spiro atoms. The standard InChI is InChI=1S/C24H30N4O2S2/c29-23(17-26-12-8-18(9-13-26)24(30)27-10-2-1-3-11-27)28-20(22-7-5-15-32-22)16-19(25-28)21-6-4-14-31-21/h4-7,14-15,18,20H,1-3,8-13,16-17H2. The van der Waals surface area contributed by atoms with E-state index in [0.29, 0.717) is 12.5 Å². The van der Waals surface area contributed by atoms with Gasteiger partial charge in [-0.1, -0.05) is 12.1 Å². The summed E-state index contributed by atoms with van der Waals surface area (Å²) in [6.07, 6.45) is 5.97. The highest BCUT2D eigenvalue weighted by Gasteiger charge is 2.36. The maximum Gasteiger partial charge on any atom is 0.257 e. The lowest BCUT2D eigenvalue weighted by Crippen LogP contribution is -2.46. The molecular formula is C24H30N4O2S2. The zero-order chi connectivity index (χ0) is 21.9. The number of hydrogen-bond donors (Lipinski definition) is 0. The molecule has 3 aliphatic rings. The van der Waals surface area contributed by atoms with Crippen molar-refractivity contribution in [1.29, 1.82) is 0 Å². The first-order chi connectivity index (χ1) is 15.7. The van der Waals surface area contributed by atoms with Crippen LogP contribution in [0.1, 0.15) is 54.3 Å². The van der Waals surface area contributed by atoms with E-state index in [4.69, 9.17) is 5.10 Å². The first-order valence-electron chi connectivity index (χ1n) is 11.7. The van der Waals surface area contributed by atoms with E-state index in [1.165, 1.54) is 11.3 Å². The van der Waals surface area contributed by atoms with Gasteiger partial charge in [0.05, 0.1) is 23.2 Å². The molecule has 8 heteroatoms. The Morgan fingerprint density at radius 2 is 1.72 bits per heavy atom. The fraction of sp³-hybridized carbons (Fsp3) is 0.542. The summed E-state index contributed by atoms with van der Waals surface area (Å²) in [5.74, 6) is 0.502. The van der Waals surface area contributed by atoms with Crippen molar-refractivity contribution < 1.29 is 9.59 Å². The van der Waals surface area contributed by atoms with Crippen molar-refractivity contribution in [2.75, 3.05) is 32.7 Å². The molecule has 0 aromatic carbocycles. The van der Waals surface area contributed by atoms with Gasteiger partial charge in [-0.2, -0.15) is 5.10 Å². The molecule has 3 aliphatic heterocycles. The number of nitrogens with zero attached hydrogens (tertiary/aromatic N) is 4. The maximum absolute atomic E-state index is 13.3. The van der Waals surface area contributed by atoms with Crippen LogP contribution < -0.4 is 0 Å².